The van der Waals surface area contributed by atoms with Crippen LogP contribution in [0.2, 0.25) is 10.0 Å². The van der Waals surface area contributed by atoms with Crippen LogP contribution < -0.4 is 5.32 Å². The first-order chi connectivity index (χ1) is 9.59. The van der Waals surface area contributed by atoms with Crippen molar-refractivity contribution in [3.8, 4) is 0 Å². The number of halogens is 2. The lowest BCUT2D eigenvalue weighted by Crippen LogP contribution is -2.39. The highest BCUT2D eigenvalue weighted by molar-refractivity contribution is 6.35. The Morgan fingerprint density at radius 3 is 2.15 bits per heavy atom. The Kier molecular flexibility index (Phi) is 7.94. The summed E-state index contributed by atoms with van der Waals surface area (Å²) in [5, 5.41) is 5.11. The van der Waals surface area contributed by atoms with Crippen LogP contribution >= 0.6 is 23.2 Å². The molecule has 0 saturated heterocycles. The molecule has 0 radical (unpaired) electrons. The van der Waals surface area contributed by atoms with Crippen LogP contribution in [0.3, 0.4) is 0 Å². The van der Waals surface area contributed by atoms with E-state index in [0.29, 0.717) is 5.02 Å². The third-order valence-corrected chi connectivity index (χ3v) is 4.40. The second kappa shape index (κ2) is 8.92. The van der Waals surface area contributed by atoms with Crippen molar-refractivity contribution in [1.82, 2.24) is 5.32 Å². The molecule has 0 aliphatic heterocycles. The molecule has 0 atom stereocenters. The molecule has 1 N–H and O–H groups in total. The van der Waals surface area contributed by atoms with Gasteiger partial charge in [-0.3, -0.25) is 0 Å². The molecule has 0 unspecified atom stereocenters. The first kappa shape index (κ1) is 17.8. The lowest BCUT2D eigenvalue weighted by atomic mass is 9.73. The van der Waals surface area contributed by atoms with Gasteiger partial charge in [-0.2, -0.15) is 0 Å². The number of rotatable bonds is 9. The molecule has 1 aromatic carbocycles. The average molecular weight is 316 g/mol. The van der Waals surface area contributed by atoms with E-state index in [4.69, 9.17) is 23.2 Å². The minimum atomic E-state index is 0.125. The normalized spacial score (nSPS) is 11.8. The van der Waals surface area contributed by atoms with Gasteiger partial charge in [0.15, 0.2) is 0 Å². The average Bonchev–Trinajstić information content (AvgIpc) is 2.39. The van der Waals surface area contributed by atoms with Gasteiger partial charge in [0.1, 0.15) is 0 Å². The molecule has 0 heterocycles. The smallest absolute Gasteiger partial charge is 0.0458 e. The van der Waals surface area contributed by atoms with Gasteiger partial charge in [-0.15, -0.1) is 0 Å². The van der Waals surface area contributed by atoms with E-state index in [1.165, 1.54) is 5.56 Å². The maximum absolute atomic E-state index is 6.49. The van der Waals surface area contributed by atoms with Gasteiger partial charge in [0, 0.05) is 22.0 Å². The second-order valence-electron chi connectivity index (χ2n) is 5.58. The zero-order valence-corrected chi connectivity index (χ0v) is 14.4. The lowest BCUT2D eigenvalue weighted by molar-refractivity contribution is 0.335. The van der Waals surface area contributed by atoms with Crippen molar-refractivity contribution in [2.45, 2.75) is 58.3 Å². The third-order valence-electron chi connectivity index (χ3n) is 3.85. The summed E-state index contributed by atoms with van der Waals surface area (Å²) >= 11 is 12.5. The monoisotopic (exact) mass is 315 g/mol. The molecule has 0 bridgehead atoms. The molecule has 1 nitrogen and oxygen atoms in total. The van der Waals surface area contributed by atoms with Gasteiger partial charge < -0.3 is 5.32 Å². The van der Waals surface area contributed by atoms with Crippen molar-refractivity contribution in [3.63, 3.8) is 0 Å². The summed E-state index contributed by atoms with van der Waals surface area (Å²) in [6.07, 6.45) is 5.78. The minimum absolute atomic E-state index is 0.125. The Labute approximate surface area is 134 Å². The van der Waals surface area contributed by atoms with Gasteiger partial charge in [0.2, 0.25) is 0 Å². The van der Waals surface area contributed by atoms with E-state index >= 15 is 0 Å². The van der Waals surface area contributed by atoms with Crippen LogP contribution in [0.1, 0.15) is 58.4 Å². The molecule has 1 rings (SSSR count). The summed E-state index contributed by atoms with van der Waals surface area (Å²) in [5.41, 5.74) is 1.37. The van der Waals surface area contributed by atoms with Gasteiger partial charge >= 0.3 is 0 Å². The Morgan fingerprint density at radius 2 is 1.65 bits per heavy atom. The molecule has 0 amide bonds. The SMILES string of the molecule is CCCNCC(CCC)(CCC)c1ccc(Cl)cc1Cl. The molecule has 0 fully saturated rings. The van der Waals surface area contributed by atoms with Crippen molar-refractivity contribution >= 4 is 23.2 Å². The molecule has 114 valence electrons. The predicted octanol–water partition coefficient (Wildman–Crippen LogP) is 5.83. The summed E-state index contributed by atoms with van der Waals surface area (Å²) in [6.45, 7) is 8.73. The highest BCUT2D eigenvalue weighted by atomic mass is 35.5. The third kappa shape index (κ3) is 4.65. The summed E-state index contributed by atoms with van der Waals surface area (Å²) in [6, 6.07) is 5.95. The molecule has 3 heteroatoms. The van der Waals surface area contributed by atoms with E-state index in [0.717, 1.165) is 50.2 Å². The van der Waals surface area contributed by atoms with E-state index < -0.39 is 0 Å². The highest BCUT2D eigenvalue weighted by Crippen LogP contribution is 2.39. The predicted molar refractivity (Wildman–Crippen MR) is 91.1 cm³/mol. The minimum Gasteiger partial charge on any atom is -0.316 e. The molecule has 0 aliphatic carbocycles. The molecule has 0 spiro atoms. The summed E-state index contributed by atoms with van der Waals surface area (Å²) in [4.78, 5) is 0. The number of hydrogen-bond donors (Lipinski definition) is 1. The summed E-state index contributed by atoms with van der Waals surface area (Å²) in [5.74, 6) is 0. The van der Waals surface area contributed by atoms with E-state index in [2.05, 4.69) is 32.2 Å². The van der Waals surface area contributed by atoms with Crippen LogP contribution in [0.15, 0.2) is 18.2 Å². The lowest BCUT2D eigenvalue weighted by Gasteiger charge is -2.35. The molecule has 20 heavy (non-hydrogen) atoms. The molecule has 0 aliphatic rings. The van der Waals surface area contributed by atoms with Gasteiger partial charge in [-0.1, -0.05) is 62.9 Å². The quantitative estimate of drug-likeness (QED) is 0.565. The van der Waals surface area contributed by atoms with Gasteiger partial charge in [0.25, 0.3) is 0 Å². The zero-order valence-electron chi connectivity index (χ0n) is 12.9. The van der Waals surface area contributed by atoms with Crippen LogP contribution in [-0.4, -0.2) is 13.1 Å². The van der Waals surface area contributed by atoms with Gasteiger partial charge in [-0.05, 0) is 43.5 Å². The van der Waals surface area contributed by atoms with Crippen LogP contribution in [0, 0.1) is 0 Å². The zero-order chi connectivity index (χ0) is 15.0. The largest absolute Gasteiger partial charge is 0.316 e. The first-order valence-corrected chi connectivity index (χ1v) is 8.51. The van der Waals surface area contributed by atoms with Crippen LogP contribution in [0.5, 0.6) is 0 Å². The fourth-order valence-electron chi connectivity index (χ4n) is 3.05. The fourth-order valence-corrected chi connectivity index (χ4v) is 3.66. The Balaban J connectivity index is 3.10. The number of nitrogens with one attached hydrogen (secondary N) is 1. The maximum Gasteiger partial charge on any atom is 0.0458 e. The Bertz CT molecular complexity index is 398. The molecule has 0 saturated carbocycles. The van der Waals surface area contributed by atoms with Gasteiger partial charge in [-0.25, -0.2) is 0 Å². The van der Waals surface area contributed by atoms with Crippen molar-refractivity contribution < 1.29 is 0 Å². The van der Waals surface area contributed by atoms with Crippen molar-refractivity contribution in [2.75, 3.05) is 13.1 Å². The van der Waals surface area contributed by atoms with Crippen molar-refractivity contribution in [2.24, 2.45) is 0 Å². The Morgan fingerprint density at radius 1 is 1.00 bits per heavy atom. The van der Waals surface area contributed by atoms with E-state index in [-0.39, 0.29) is 5.41 Å². The van der Waals surface area contributed by atoms with E-state index in [1.807, 2.05) is 12.1 Å². The molecule has 1 aromatic rings. The van der Waals surface area contributed by atoms with Crippen LogP contribution in [0.4, 0.5) is 0 Å². The fraction of sp³-hybridized carbons (Fsp3) is 0.647. The first-order valence-electron chi connectivity index (χ1n) is 7.76. The van der Waals surface area contributed by atoms with Crippen molar-refractivity contribution in [1.29, 1.82) is 0 Å². The second-order valence-corrected chi connectivity index (χ2v) is 6.42. The van der Waals surface area contributed by atoms with E-state index in [9.17, 15) is 0 Å². The van der Waals surface area contributed by atoms with Crippen LogP contribution in [0.25, 0.3) is 0 Å². The van der Waals surface area contributed by atoms with Crippen LogP contribution in [-0.2, 0) is 5.41 Å². The maximum atomic E-state index is 6.49. The number of benzene rings is 1. The molecular formula is C17H27Cl2N. The van der Waals surface area contributed by atoms with E-state index in [1.54, 1.807) is 0 Å². The summed E-state index contributed by atoms with van der Waals surface area (Å²) < 4.78 is 0. The molecule has 0 aromatic heterocycles. The number of hydrogen-bond acceptors (Lipinski definition) is 1. The van der Waals surface area contributed by atoms with Gasteiger partial charge in [0.05, 0.1) is 0 Å². The highest BCUT2D eigenvalue weighted by Gasteiger charge is 2.32. The van der Waals surface area contributed by atoms with Crippen molar-refractivity contribution in [3.05, 3.63) is 33.8 Å². The topological polar surface area (TPSA) is 12.0 Å². The standard InChI is InChI=1S/C17H27Cl2N/c1-4-9-17(10-5-2,13-20-11-6-3)15-8-7-14(18)12-16(15)19/h7-8,12,20H,4-6,9-11,13H2,1-3H3. The summed E-state index contributed by atoms with van der Waals surface area (Å²) in [7, 11) is 0. The molecular weight excluding hydrogens is 289 g/mol. The Hall–Kier alpha value is -0.240.